The third-order valence-corrected chi connectivity index (χ3v) is 5.35. The van der Waals surface area contributed by atoms with Crippen LogP contribution in [0.3, 0.4) is 0 Å². The second-order valence-corrected chi connectivity index (χ2v) is 7.14. The Labute approximate surface area is 160 Å². The first kappa shape index (κ1) is 16.9. The van der Waals surface area contributed by atoms with Gasteiger partial charge in [-0.25, -0.2) is 9.50 Å². The fraction of sp³-hybridized carbons (Fsp3) is 0.100. The lowest BCUT2D eigenvalue weighted by Gasteiger charge is -2.03. The van der Waals surface area contributed by atoms with Crippen molar-refractivity contribution in [2.75, 3.05) is 7.11 Å². The predicted octanol–water partition coefficient (Wildman–Crippen LogP) is 5.35. The van der Waals surface area contributed by atoms with Crippen molar-refractivity contribution >= 4 is 28.9 Å². The first-order valence-electron chi connectivity index (χ1n) is 8.09. The number of benzene rings is 2. The molecule has 0 amide bonds. The highest BCUT2D eigenvalue weighted by Crippen LogP contribution is 2.29. The molecule has 0 N–H and O–H groups in total. The number of hydrogen-bond acceptors (Lipinski definition) is 4. The quantitative estimate of drug-likeness (QED) is 0.437. The van der Waals surface area contributed by atoms with Crippen LogP contribution in [0.25, 0.3) is 16.8 Å². The average molecular weight is 382 g/mol. The van der Waals surface area contributed by atoms with E-state index in [2.05, 4.69) is 16.1 Å². The fourth-order valence-electron chi connectivity index (χ4n) is 2.64. The largest absolute Gasteiger partial charge is 0.497 e. The average Bonchev–Trinajstić information content (AvgIpc) is 3.12. The first-order valence-corrected chi connectivity index (χ1v) is 9.45. The summed E-state index contributed by atoms with van der Waals surface area (Å²) in [5, 5.41) is 6.37. The molecule has 0 aliphatic heterocycles. The number of methoxy groups -OCH3 is 1. The zero-order valence-corrected chi connectivity index (χ0v) is 15.7. The van der Waals surface area contributed by atoms with Crippen molar-refractivity contribution in [1.82, 2.24) is 14.6 Å². The summed E-state index contributed by atoms with van der Waals surface area (Å²) < 4.78 is 7.09. The molecule has 130 valence electrons. The van der Waals surface area contributed by atoms with E-state index in [9.17, 15) is 0 Å². The van der Waals surface area contributed by atoms with E-state index in [4.69, 9.17) is 16.3 Å². The predicted molar refractivity (Wildman–Crippen MR) is 106 cm³/mol. The summed E-state index contributed by atoms with van der Waals surface area (Å²) in [4.78, 5) is 4.53. The van der Waals surface area contributed by atoms with Gasteiger partial charge in [0, 0.05) is 28.7 Å². The number of rotatable bonds is 5. The molecule has 2 aromatic heterocycles. The summed E-state index contributed by atoms with van der Waals surface area (Å²) in [6, 6.07) is 17.9. The second-order valence-electron chi connectivity index (χ2n) is 5.74. The zero-order chi connectivity index (χ0) is 17.9. The van der Waals surface area contributed by atoms with Crippen molar-refractivity contribution in [1.29, 1.82) is 0 Å². The molecule has 2 aromatic carbocycles. The highest BCUT2D eigenvalue weighted by molar-refractivity contribution is 7.98. The molecule has 0 fully saturated rings. The SMILES string of the molecule is COc1ccc(-c2cc3c(SCc4ccc(Cl)cc4)nccn3n2)cc1. The molecule has 0 aliphatic carbocycles. The zero-order valence-electron chi connectivity index (χ0n) is 14.1. The number of fused-ring (bicyclic) bond motifs is 1. The molecular formula is C20H16ClN3OS. The lowest BCUT2D eigenvalue weighted by atomic mass is 10.1. The lowest BCUT2D eigenvalue weighted by molar-refractivity contribution is 0.415. The highest BCUT2D eigenvalue weighted by atomic mass is 35.5. The van der Waals surface area contributed by atoms with Crippen molar-refractivity contribution in [2.24, 2.45) is 0 Å². The number of hydrogen-bond donors (Lipinski definition) is 0. The molecule has 0 saturated heterocycles. The molecule has 26 heavy (non-hydrogen) atoms. The van der Waals surface area contributed by atoms with Gasteiger partial charge in [-0.1, -0.05) is 35.5 Å². The minimum atomic E-state index is 0.749. The third kappa shape index (κ3) is 3.54. The Kier molecular flexibility index (Phi) is 4.82. The van der Waals surface area contributed by atoms with Crippen LogP contribution in [0.5, 0.6) is 5.75 Å². The number of ether oxygens (including phenoxy) is 1. The summed E-state index contributed by atoms with van der Waals surface area (Å²) >= 11 is 7.64. The Morgan fingerprint density at radius 1 is 1.08 bits per heavy atom. The summed E-state index contributed by atoms with van der Waals surface area (Å²) in [6.07, 6.45) is 3.65. The van der Waals surface area contributed by atoms with Crippen LogP contribution in [0.15, 0.2) is 72.0 Å². The number of thioether (sulfide) groups is 1. The van der Waals surface area contributed by atoms with Crippen LogP contribution in [0.4, 0.5) is 0 Å². The summed E-state index contributed by atoms with van der Waals surface area (Å²) in [7, 11) is 1.66. The van der Waals surface area contributed by atoms with E-state index in [1.807, 2.05) is 59.2 Å². The van der Waals surface area contributed by atoms with Crippen molar-refractivity contribution in [3.8, 4) is 17.0 Å². The van der Waals surface area contributed by atoms with Crippen molar-refractivity contribution in [3.05, 3.63) is 77.6 Å². The molecule has 4 rings (SSSR count). The van der Waals surface area contributed by atoms with Gasteiger partial charge >= 0.3 is 0 Å². The van der Waals surface area contributed by atoms with Crippen LogP contribution < -0.4 is 4.74 Å². The number of aromatic nitrogens is 3. The van der Waals surface area contributed by atoms with E-state index in [0.29, 0.717) is 0 Å². The van der Waals surface area contributed by atoms with Gasteiger partial charge in [-0.15, -0.1) is 0 Å². The molecule has 0 aliphatic rings. The summed E-state index contributed by atoms with van der Waals surface area (Å²) in [5.41, 5.74) is 4.16. The second kappa shape index (κ2) is 7.40. The van der Waals surface area contributed by atoms with Crippen LogP contribution in [0.2, 0.25) is 5.02 Å². The summed E-state index contributed by atoms with van der Waals surface area (Å²) in [6.45, 7) is 0. The van der Waals surface area contributed by atoms with E-state index in [-0.39, 0.29) is 0 Å². The monoisotopic (exact) mass is 381 g/mol. The highest BCUT2D eigenvalue weighted by Gasteiger charge is 2.10. The van der Waals surface area contributed by atoms with Gasteiger partial charge in [0.2, 0.25) is 0 Å². The van der Waals surface area contributed by atoms with Gasteiger partial charge in [0.05, 0.1) is 18.3 Å². The van der Waals surface area contributed by atoms with E-state index in [1.54, 1.807) is 25.1 Å². The van der Waals surface area contributed by atoms with E-state index >= 15 is 0 Å². The van der Waals surface area contributed by atoms with Crippen LogP contribution in [-0.2, 0) is 5.75 Å². The summed E-state index contributed by atoms with van der Waals surface area (Å²) in [5.74, 6) is 1.66. The van der Waals surface area contributed by atoms with Gasteiger partial charge in [-0.2, -0.15) is 5.10 Å². The maximum absolute atomic E-state index is 5.95. The minimum absolute atomic E-state index is 0.749. The molecule has 0 saturated carbocycles. The van der Waals surface area contributed by atoms with Crippen LogP contribution in [0.1, 0.15) is 5.56 Å². The number of nitrogens with zero attached hydrogens (tertiary/aromatic N) is 3. The first-order chi connectivity index (χ1) is 12.7. The van der Waals surface area contributed by atoms with E-state index < -0.39 is 0 Å². The molecule has 0 bridgehead atoms. The van der Waals surface area contributed by atoms with Gasteiger partial charge in [-0.3, -0.25) is 0 Å². The van der Waals surface area contributed by atoms with Gasteiger partial charge in [0.25, 0.3) is 0 Å². The van der Waals surface area contributed by atoms with Gasteiger partial charge in [0.1, 0.15) is 10.8 Å². The maximum atomic E-state index is 5.95. The molecular weight excluding hydrogens is 366 g/mol. The van der Waals surface area contributed by atoms with Crippen LogP contribution >= 0.6 is 23.4 Å². The van der Waals surface area contributed by atoms with Crippen molar-refractivity contribution in [3.63, 3.8) is 0 Å². The van der Waals surface area contributed by atoms with Crippen molar-refractivity contribution < 1.29 is 4.74 Å². The normalized spacial score (nSPS) is 11.0. The third-order valence-electron chi connectivity index (χ3n) is 4.03. The molecule has 0 spiro atoms. The molecule has 0 unspecified atom stereocenters. The lowest BCUT2D eigenvalue weighted by Crippen LogP contribution is -1.91. The standard InChI is InChI=1S/C20H16ClN3OS/c1-25-17-8-4-15(5-9-17)18-12-19-20(22-10-11-24(19)23-18)26-13-14-2-6-16(21)7-3-14/h2-12H,13H2,1H3. The molecule has 6 heteroatoms. The fourth-order valence-corrected chi connectivity index (χ4v) is 3.70. The van der Waals surface area contributed by atoms with Gasteiger partial charge < -0.3 is 4.74 Å². The van der Waals surface area contributed by atoms with Gasteiger partial charge in [-0.05, 0) is 48.0 Å². The van der Waals surface area contributed by atoms with E-state index in [0.717, 1.165) is 38.3 Å². The van der Waals surface area contributed by atoms with Gasteiger partial charge in [0.15, 0.2) is 0 Å². The van der Waals surface area contributed by atoms with Crippen molar-refractivity contribution in [2.45, 2.75) is 10.8 Å². The molecule has 0 radical (unpaired) electrons. The Morgan fingerprint density at radius 3 is 2.58 bits per heavy atom. The van der Waals surface area contributed by atoms with Crippen LogP contribution in [0, 0.1) is 0 Å². The number of halogens is 1. The Morgan fingerprint density at radius 2 is 1.85 bits per heavy atom. The molecule has 4 nitrogen and oxygen atoms in total. The van der Waals surface area contributed by atoms with E-state index in [1.165, 1.54) is 5.56 Å². The Bertz CT molecular complexity index is 1030. The maximum Gasteiger partial charge on any atom is 0.122 e. The Hall–Kier alpha value is -2.50. The topological polar surface area (TPSA) is 39.4 Å². The molecule has 2 heterocycles. The minimum Gasteiger partial charge on any atom is -0.497 e. The molecule has 4 aromatic rings. The smallest absolute Gasteiger partial charge is 0.122 e. The van der Waals surface area contributed by atoms with Crippen LogP contribution in [-0.4, -0.2) is 21.7 Å². The Balaban J connectivity index is 1.61. The molecule has 0 atom stereocenters.